The number of nitrogens with one attached hydrogen (secondary N) is 2. The highest BCUT2D eigenvalue weighted by atomic mass is 32.2. The molecule has 25 heavy (non-hydrogen) atoms. The Labute approximate surface area is 146 Å². The third-order valence-corrected chi connectivity index (χ3v) is 5.57. The molecule has 132 valence electrons. The van der Waals surface area contributed by atoms with E-state index in [0.29, 0.717) is 24.1 Å². The SMILES string of the molecule is O=C(NCCS(=O)(=O)Nc1ccccc1)C1(c2ccccc2F)CC1. The van der Waals surface area contributed by atoms with Gasteiger partial charge in [0.05, 0.1) is 11.2 Å². The third-order valence-electron chi connectivity index (χ3n) is 4.28. The molecule has 0 aliphatic heterocycles. The molecule has 0 heterocycles. The first-order valence-corrected chi connectivity index (χ1v) is 9.67. The minimum atomic E-state index is -3.57. The largest absolute Gasteiger partial charge is 0.354 e. The molecule has 5 nitrogen and oxygen atoms in total. The summed E-state index contributed by atoms with van der Waals surface area (Å²) in [5.41, 5.74) is -0.0151. The van der Waals surface area contributed by atoms with E-state index in [9.17, 15) is 17.6 Å². The molecule has 0 aromatic heterocycles. The molecule has 0 saturated heterocycles. The molecule has 2 N–H and O–H groups in total. The molecule has 2 aromatic carbocycles. The Bertz CT molecular complexity index is 865. The molecule has 0 atom stereocenters. The predicted octanol–water partition coefficient (Wildman–Crippen LogP) is 2.42. The van der Waals surface area contributed by atoms with Crippen LogP contribution >= 0.6 is 0 Å². The Morgan fingerprint density at radius 1 is 1.04 bits per heavy atom. The van der Waals surface area contributed by atoms with Crippen LogP contribution in [0.5, 0.6) is 0 Å². The van der Waals surface area contributed by atoms with Gasteiger partial charge >= 0.3 is 0 Å². The number of para-hydroxylation sites is 1. The van der Waals surface area contributed by atoms with Crippen LogP contribution in [0.4, 0.5) is 10.1 Å². The van der Waals surface area contributed by atoms with Crippen molar-refractivity contribution in [2.45, 2.75) is 18.3 Å². The summed E-state index contributed by atoms with van der Waals surface area (Å²) in [7, 11) is -3.57. The van der Waals surface area contributed by atoms with E-state index >= 15 is 0 Å². The van der Waals surface area contributed by atoms with Crippen LogP contribution in [0.15, 0.2) is 54.6 Å². The van der Waals surface area contributed by atoms with Gasteiger partial charge in [-0.15, -0.1) is 0 Å². The van der Waals surface area contributed by atoms with Gasteiger partial charge in [0.2, 0.25) is 15.9 Å². The Hall–Kier alpha value is -2.41. The number of anilines is 1. The van der Waals surface area contributed by atoms with E-state index < -0.39 is 21.3 Å². The normalized spacial score (nSPS) is 15.4. The second-order valence-electron chi connectivity index (χ2n) is 6.10. The van der Waals surface area contributed by atoms with Crippen molar-refractivity contribution in [3.8, 4) is 0 Å². The Kier molecular flexibility index (Phi) is 4.76. The molecule has 1 saturated carbocycles. The van der Waals surface area contributed by atoms with E-state index in [1.54, 1.807) is 48.5 Å². The van der Waals surface area contributed by atoms with Crippen LogP contribution in [0.3, 0.4) is 0 Å². The lowest BCUT2D eigenvalue weighted by Crippen LogP contribution is -2.38. The quantitative estimate of drug-likeness (QED) is 0.794. The lowest BCUT2D eigenvalue weighted by molar-refractivity contribution is -0.123. The smallest absolute Gasteiger partial charge is 0.234 e. The first-order chi connectivity index (χ1) is 11.9. The summed E-state index contributed by atoms with van der Waals surface area (Å²) >= 11 is 0. The third kappa shape index (κ3) is 3.99. The first kappa shape index (κ1) is 17.4. The lowest BCUT2D eigenvalue weighted by Gasteiger charge is -2.16. The van der Waals surface area contributed by atoms with Crippen LogP contribution in [0.1, 0.15) is 18.4 Å². The minimum Gasteiger partial charge on any atom is -0.354 e. The summed E-state index contributed by atoms with van der Waals surface area (Å²) in [4.78, 5) is 12.4. The van der Waals surface area contributed by atoms with Gasteiger partial charge < -0.3 is 5.32 Å². The van der Waals surface area contributed by atoms with E-state index in [1.165, 1.54) is 6.07 Å². The lowest BCUT2D eigenvalue weighted by atomic mass is 9.94. The highest BCUT2D eigenvalue weighted by Gasteiger charge is 2.52. The topological polar surface area (TPSA) is 75.3 Å². The average Bonchev–Trinajstić information content (AvgIpc) is 3.37. The van der Waals surface area contributed by atoms with Crippen molar-refractivity contribution in [3.63, 3.8) is 0 Å². The summed E-state index contributed by atoms with van der Waals surface area (Å²) < 4.78 is 40.5. The fourth-order valence-corrected chi connectivity index (χ4v) is 3.77. The van der Waals surface area contributed by atoms with Crippen molar-refractivity contribution in [3.05, 3.63) is 66.0 Å². The summed E-state index contributed by atoms with van der Waals surface area (Å²) in [6.07, 6.45) is 1.13. The maximum absolute atomic E-state index is 14.0. The van der Waals surface area contributed by atoms with Gasteiger partial charge in [0, 0.05) is 17.8 Å². The van der Waals surface area contributed by atoms with Gasteiger partial charge in [-0.05, 0) is 31.0 Å². The summed E-state index contributed by atoms with van der Waals surface area (Å²) in [5, 5.41) is 2.63. The molecular formula is C18H19FN2O3S. The molecule has 0 unspecified atom stereocenters. The Balaban J connectivity index is 1.57. The fraction of sp³-hybridized carbons (Fsp3) is 0.278. The fourth-order valence-electron chi connectivity index (χ4n) is 2.80. The first-order valence-electron chi connectivity index (χ1n) is 8.02. The Morgan fingerprint density at radius 3 is 2.32 bits per heavy atom. The number of hydrogen-bond donors (Lipinski definition) is 2. The van der Waals surface area contributed by atoms with Crippen molar-refractivity contribution in [1.82, 2.24) is 5.32 Å². The molecule has 1 amide bonds. The average molecular weight is 362 g/mol. The summed E-state index contributed by atoms with van der Waals surface area (Å²) in [5.74, 6) is -0.984. The molecule has 1 fully saturated rings. The molecule has 0 spiro atoms. The van der Waals surface area contributed by atoms with Gasteiger partial charge in [-0.25, -0.2) is 12.8 Å². The van der Waals surface area contributed by atoms with Crippen LogP contribution in [-0.2, 0) is 20.2 Å². The number of rotatable bonds is 7. The second kappa shape index (κ2) is 6.84. The van der Waals surface area contributed by atoms with E-state index in [1.807, 2.05) is 0 Å². The number of carbonyl (C=O) groups is 1. The van der Waals surface area contributed by atoms with Crippen molar-refractivity contribution in [2.24, 2.45) is 0 Å². The standard InChI is InChI=1S/C18H19FN2O3S/c19-16-9-5-4-8-15(16)18(10-11-18)17(22)20-12-13-25(23,24)21-14-6-2-1-3-7-14/h1-9,21H,10-13H2,(H,20,22). The molecule has 1 aliphatic rings. The minimum absolute atomic E-state index is 0.0306. The van der Waals surface area contributed by atoms with Crippen LogP contribution < -0.4 is 10.0 Å². The van der Waals surface area contributed by atoms with Gasteiger partial charge in [-0.2, -0.15) is 0 Å². The molecule has 0 bridgehead atoms. The zero-order valence-electron chi connectivity index (χ0n) is 13.5. The highest BCUT2D eigenvalue weighted by Crippen LogP contribution is 2.49. The predicted molar refractivity (Wildman–Crippen MR) is 94.2 cm³/mol. The van der Waals surface area contributed by atoms with Crippen LogP contribution in [0.25, 0.3) is 0 Å². The molecule has 7 heteroatoms. The maximum atomic E-state index is 14.0. The van der Waals surface area contributed by atoms with Crippen LogP contribution in [0, 0.1) is 5.82 Å². The van der Waals surface area contributed by atoms with Gasteiger partial charge in [0.25, 0.3) is 0 Å². The zero-order valence-corrected chi connectivity index (χ0v) is 14.4. The maximum Gasteiger partial charge on any atom is 0.234 e. The molecular weight excluding hydrogens is 343 g/mol. The van der Waals surface area contributed by atoms with Crippen LogP contribution in [0.2, 0.25) is 0 Å². The second-order valence-corrected chi connectivity index (χ2v) is 7.95. The monoisotopic (exact) mass is 362 g/mol. The zero-order chi connectivity index (χ0) is 17.9. The number of benzene rings is 2. The van der Waals surface area contributed by atoms with Gasteiger partial charge in [-0.3, -0.25) is 9.52 Å². The number of hydrogen-bond acceptors (Lipinski definition) is 3. The highest BCUT2D eigenvalue weighted by molar-refractivity contribution is 7.92. The van der Waals surface area contributed by atoms with Crippen molar-refractivity contribution in [1.29, 1.82) is 0 Å². The molecule has 1 aliphatic carbocycles. The van der Waals surface area contributed by atoms with Gasteiger partial charge in [0.15, 0.2) is 0 Å². The number of halogens is 1. The summed E-state index contributed by atoms with van der Waals surface area (Å²) in [6.45, 7) is -0.0306. The van der Waals surface area contributed by atoms with Crippen LogP contribution in [-0.4, -0.2) is 26.6 Å². The van der Waals surface area contributed by atoms with E-state index in [4.69, 9.17) is 0 Å². The van der Waals surface area contributed by atoms with E-state index in [0.717, 1.165) is 0 Å². The van der Waals surface area contributed by atoms with Gasteiger partial charge in [0.1, 0.15) is 5.82 Å². The van der Waals surface area contributed by atoms with Crippen molar-refractivity contribution >= 4 is 21.6 Å². The molecule has 3 rings (SSSR count). The summed E-state index contributed by atoms with van der Waals surface area (Å²) in [6, 6.07) is 14.7. The molecule has 2 aromatic rings. The number of carbonyl (C=O) groups excluding carboxylic acids is 1. The van der Waals surface area contributed by atoms with Gasteiger partial charge in [-0.1, -0.05) is 36.4 Å². The van der Waals surface area contributed by atoms with E-state index in [-0.39, 0.29) is 18.2 Å². The van der Waals surface area contributed by atoms with E-state index in [2.05, 4.69) is 10.0 Å². The van der Waals surface area contributed by atoms with Crippen molar-refractivity contribution < 1.29 is 17.6 Å². The molecule has 0 radical (unpaired) electrons. The Morgan fingerprint density at radius 2 is 1.68 bits per heavy atom. The van der Waals surface area contributed by atoms with Crippen molar-refractivity contribution in [2.75, 3.05) is 17.0 Å². The number of amides is 1. The number of sulfonamides is 1.